The molecule has 0 atom stereocenters. The third-order valence-electron chi connectivity index (χ3n) is 5.37. The van der Waals surface area contributed by atoms with Gasteiger partial charge in [-0.2, -0.15) is 23.4 Å². The lowest BCUT2D eigenvalue weighted by Crippen LogP contribution is -2.36. The highest BCUT2D eigenvalue weighted by molar-refractivity contribution is 7.13. The lowest BCUT2D eigenvalue weighted by Gasteiger charge is -2.35. The zero-order chi connectivity index (χ0) is 24.6. The van der Waals surface area contributed by atoms with Gasteiger partial charge in [0, 0.05) is 29.5 Å². The summed E-state index contributed by atoms with van der Waals surface area (Å²) in [6.45, 7) is -1.32. The summed E-state index contributed by atoms with van der Waals surface area (Å²) >= 11 is 1.26. The summed E-state index contributed by atoms with van der Waals surface area (Å²) in [4.78, 5) is 21.2. The number of halogens is 4. The molecule has 35 heavy (non-hydrogen) atoms. The molecule has 1 fully saturated rings. The summed E-state index contributed by atoms with van der Waals surface area (Å²) in [7, 11) is 0. The van der Waals surface area contributed by atoms with Crippen molar-refractivity contribution in [1.29, 1.82) is 0 Å². The monoisotopic (exact) mass is 507 g/mol. The number of alkyl halides is 3. The maximum absolute atomic E-state index is 14.5. The fourth-order valence-corrected chi connectivity index (χ4v) is 4.35. The van der Waals surface area contributed by atoms with Crippen LogP contribution in [-0.4, -0.2) is 54.7 Å². The molecule has 1 aliphatic rings. The molecule has 4 aromatic heterocycles. The molecule has 4 heterocycles. The standard InChI is InChI=1S/C21H17F4N7O2S/c22-14-2-1-3-26-17(14)18-15(8-32(31-18)12-4-13(5-12)34-10-21(23,24)25)29-19(33)16-9-35-20(30-16)11-6-27-28-7-11/h1-3,6-9,12-13H,4-5,10H2,(H,27,28)(H,29,33)/t12-,13-. The van der Waals surface area contributed by atoms with E-state index in [0.717, 1.165) is 5.56 Å². The fraction of sp³-hybridized carbons (Fsp3) is 0.286. The third-order valence-corrected chi connectivity index (χ3v) is 6.26. The van der Waals surface area contributed by atoms with E-state index in [0.29, 0.717) is 17.8 Å². The molecule has 182 valence electrons. The van der Waals surface area contributed by atoms with Gasteiger partial charge in [-0.05, 0) is 25.0 Å². The molecule has 0 unspecified atom stereocenters. The number of H-pyrrole nitrogens is 1. The first-order chi connectivity index (χ1) is 16.8. The van der Waals surface area contributed by atoms with Gasteiger partial charge in [0.25, 0.3) is 5.91 Å². The van der Waals surface area contributed by atoms with Gasteiger partial charge in [0.05, 0.1) is 24.0 Å². The number of thiazole rings is 1. The largest absolute Gasteiger partial charge is 0.411 e. The molecule has 0 radical (unpaired) electrons. The van der Waals surface area contributed by atoms with Crippen LogP contribution in [0.2, 0.25) is 0 Å². The minimum Gasteiger partial charge on any atom is -0.369 e. The molecule has 0 saturated heterocycles. The SMILES string of the molecule is O=C(Nc1cn([C@H]2C[C@H](OCC(F)(F)F)C2)nc1-c1ncccc1F)c1csc(-c2cn[nH]c2)n1. The number of ether oxygens (including phenoxy) is 1. The first-order valence-electron chi connectivity index (χ1n) is 10.4. The number of nitrogens with one attached hydrogen (secondary N) is 2. The second-order valence-corrected chi connectivity index (χ2v) is 8.72. The minimum atomic E-state index is -4.40. The quantitative estimate of drug-likeness (QED) is 0.357. The first kappa shape index (κ1) is 23.1. The Bertz CT molecular complexity index is 1330. The van der Waals surface area contributed by atoms with Crippen LogP contribution in [0.15, 0.2) is 42.3 Å². The summed E-state index contributed by atoms with van der Waals surface area (Å²) in [5.74, 6) is -1.17. The Kier molecular flexibility index (Phi) is 6.06. The number of hydrogen-bond donors (Lipinski definition) is 2. The van der Waals surface area contributed by atoms with Gasteiger partial charge in [0.1, 0.15) is 28.7 Å². The van der Waals surface area contributed by atoms with Crippen LogP contribution < -0.4 is 5.32 Å². The van der Waals surface area contributed by atoms with Crippen molar-refractivity contribution in [1.82, 2.24) is 29.9 Å². The fourth-order valence-electron chi connectivity index (χ4n) is 3.57. The lowest BCUT2D eigenvalue weighted by molar-refractivity contribution is -0.196. The number of pyridine rings is 1. The Morgan fingerprint density at radius 1 is 1.31 bits per heavy atom. The summed E-state index contributed by atoms with van der Waals surface area (Å²) in [5.41, 5.74) is 1.11. The minimum absolute atomic E-state index is 0.0666. The number of aromatic amines is 1. The van der Waals surface area contributed by atoms with Crippen LogP contribution in [0.3, 0.4) is 0 Å². The van der Waals surface area contributed by atoms with E-state index in [4.69, 9.17) is 4.74 Å². The van der Waals surface area contributed by atoms with Crippen molar-refractivity contribution < 1.29 is 27.1 Å². The van der Waals surface area contributed by atoms with E-state index in [2.05, 4.69) is 30.6 Å². The number of hydrogen-bond acceptors (Lipinski definition) is 7. The second kappa shape index (κ2) is 9.19. The Hall–Kier alpha value is -3.65. The first-order valence-corrected chi connectivity index (χ1v) is 11.3. The van der Waals surface area contributed by atoms with Gasteiger partial charge in [-0.3, -0.25) is 19.6 Å². The maximum Gasteiger partial charge on any atom is 0.411 e. The number of amides is 1. The zero-order valence-electron chi connectivity index (χ0n) is 17.8. The maximum atomic E-state index is 14.5. The van der Waals surface area contributed by atoms with E-state index < -0.39 is 30.6 Å². The van der Waals surface area contributed by atoms with Crippen LogP contribution in [-0.2, 0) is 4.74 Å². The Morgan fingerprint density at radius 3 is 2.86 bits per heavy atom. The summed E-state index contributed by atoms with van der Waals surface area (Å²) in [6, 6.07) is 2.38. The third kappa shape index (κ3) is 5.07. The number of anilines is 1. The molecule has 1 saturated carbocycles. The van der Waals surface area contributed by atoms with Gasteiger partial charge in [-0.1, -0.05) is 0 Å². The predicted octanol–water partition coefficient (Wildman–Crippen LogP) is 4.47. The van der Waals surface area contributed by atoms with Crippen molar-refractivity contribution in [2.75, 3.05) is 11.9 Å². The molecular formula is C21H17F4N7O2S. The highest BCUT2D eigenvalue weighted by Crippen LogP contribution is 2.38. The highest BCUT2D eigenvalue weighted by atomic mass is 32.1. The Balaban J connectivity index is 1.36. The summed E-state index contributed by atoms with van der Waals surface area (Å²) in [6.07, 6.45) is 1.78. The van der Waals surface area contributed by atoms with Gasteiger partial charge in [0.2, 0.25) is 0 Å². The van der Waals surface area contributed by atoms with Crippen LogP contribution >= 0.6 is 11.3 Å². The molecule has 2 N–H and O–H groups in total. The molecular weight excluding hydrogens is 490 g/mol. The van der Waals surface area contributed by atoms with E-state index in [1.807, 2.05) is 0 Å². The normalized spacial score (nSPS) is 17.8. The topological polar surface area (TPSA) is 111 Å². The van der Waals surface area contributed by atoms with Crippen molar-refractivity contribution in [3.8, 4) is 22.0 Å². The van der Waals surface area contributed by atoms with Crippen molar-refractivity contribution in [2.45, 2.75) is 31.2 Å². The van der Waals surface area contributed by atoms with Crippen molar-refractivity contribution in [3.63, 3.8) is 0 Å². The lowest BCUT2D eigenvalue weighted by atomic mass is 9.89. The smallest absolute Gasteiger partial charge is 0.369 e. The highest BCUT2D eigenvalue weighted by Gasteiger charge is 2.37. The van der Waals surface area contributed by atoms with Crippen LogP contribution in [0.5, 0.6) is 0 Å². The molecule has 0 aliphatic heterocycles. The number of nitrogens with zero attached hydrogens (tertiary/aromatic N) is 5. The Labute approximate surface area is 199 Å². The number of carbonyl (C=O) groups is 1. The molecule has 5 rings (SSSR count). The molecule has 1 aliphatic carbocycles. The van der Waals surface area contributed by atoms with Gasteiger partial charge < -0.3 is 10.1 Å². The predicted molar refractivity (Wildman–Crippen MR) is 117 cm³/mol. The van der Waals surface area contributed by atoms with Crippen molar-refractivity contribution >= 4 is 22.9 Å². The van der Waals surface area contributed by atoms with E-state index in [-0.39, 0.29) is 28.8 Å². The Morgan fingerprint density at radius 2 is 2.14 bits per heavy atom. The van der Waals surface area contributed by atoms with Crippen LogP contribution in [0.25, 0.3) is 22.0 Å². The van der Waals surface area contributed by atoms with Crippen LogP contribution in [0.1, 0.15) is 29.4 Å². The number of carbonyl (C=O) groups excluding carboxylic acids is 1. The zero-order valence-corrected chi connectivity index (χ0v) is 18.6. The van der Waals surface area contributed by atoms with E-state index in [1.54, 1.807) is 17.8 Å². The molecule has 0 spiro atoms. The number of aromatic nitrogens is 6. The van der Waals surface area contributed by atoms with Gasteiger partial charge in [0.15, 0.2) is 5.82 Å². The van der Waals surface area contributed by atoms with Gasteiger partial charge in [-0.15, -0.1) is 11.3 Å². The summed E-state index contributed by atoms with van der Waals surface area (Å²) < 4.78 is 58.0. The molecule has 0 bridgehead atoms. The second-order valence-electron chi connectivity index (χ2n) is 7.86. The molecule has 9 nitrogen and oxygen atoms in total. The summed E-state index contributed by atoms with van der Waals surface area (Å²) in [5, 5.41) is 15.8. The molecule has 4 aromatic rings. The molecule has 1 amide bonds. The molecule has 14 heteroatoms. The average Bonchev–Trinajstić information content (AvgIpc) is 3.53. The van der Waals surface area contributed by atoms with Crippen molar-refractivity contribution in [3.05, 3.63) is 53.8 Å². The van der Waals surface area contributed by atoms with E-state index in [1.165, 1.54) is 40.5 Å². The van der Waals surface area contributed by atoms with Gasteiger partial charge >= 0.3 is 6.18 Å². The van der Waals surface area contributed by atoms with Gasteiger partial charge in [-0.25, -0.2) is 9.37 Å². The van der Waals surface area contributed by atoms with E-state index >= 15 is 0 Å². The number of rotatable bonds is 7. The average molecular weight is 507 g/mol. The van der Waals surface area contributed by atoms with E-state index in [9.17, 15) is 22.4 Å². The molecule has 0 aromatic carbocycles. The van der Waals surface area contributed by atoms with Crippen molar-refractivity contribution in [2.24, 2.45) is 0 Å². The van der Waals surface area contributed by atoms with Crippen LogP contribution in [0.4, 0.5) is 23.2 Å². The van der Waals surface area contributed by atoms with Crippen LogP contribution in [0, 0.1) is 5.82 Å².